The zero-order valence-corrected chi connectivity index (χ0v) is 12.0. The van der Waals surface area contributed by atoms with E-state index in [1.165, 1.54) is 29.0 Å². The summed E-state index contributed by atoms with van der Waals surface area (Å²) in [5, 5.41) is 6.82. The molecule has 0 bridgehead atoms. The van der Waals surface area contributed by atoms with Gasteiger partial charge in [-0.2, -0.15) is 0 Å². The van der Waals surface area contributed by atoms with Gasteiger partial charge in [-0.3, -0.25) is 0 Å². The highest BCUT2D eigenvalue weighted by atomic mass is 32.2. The summed E-state index contributed by atoms with van der Waals surface area (Å²) in [6, 6.07) is 9.12. The number of thioether (sulfide) groups is 1. The van der Waals surface area contributed by atoms with Gasteiger partial charge < -0.3 is 5.32 Å². The SMILES string of the molecule is CSc1ccc(-c2nc([C@H]3CCCN3)cs2)cc1. The van der Waals surface area contributed by atoms with Gasteiger partial charge in [-0.05, 0) is 37.8 Å². The van der Waals surface area contributed by atoms with E-state index < -0.39 is 0 Å². The van der Waals surface area contributed by atoms with Crippen LogP contribution in [0.15, 0.2) is 34.5 Å². The van der Waals surface area contributed by atoms with E-state index in [0.717, 1.165) is 11.6 Å². The molecule has 1 N–H and O–H groups in total. The molecule has 1 aromatic heterocycles. The number of rotatable bonds is 3. The van der Waals surface area contributed by atoms with Gasteiger partial charge >= 0.3 is 0 Å². The highest BCUT2D eigenvalue weighted by Gasteiger charge is 2.19. The Hall–Kier alpha value is -0.840. The Labute approximate surface area is 116 Å². The first-order chi connectivity index (χ1) is 8.86. The van der Waals surface area contributed by atoms with Crippen LogP contribution in [-0.4, -0.2) is 17.8 Å². The summed E-state index contributed by atoms with van der Waals surface area (Å²) in [5.41, 5.74) is 2.43. The fraction of sp³-hybridized carbons (Fsp3) is 0.357. The highest BCUT2D eigenvalue weighted by Crippen LogP contribution is 2.30. The van der Waals surface area contributed by atoms with Crippen molar-refractivity contribution in [3.05, 3.63) is 35.3 Å². The topological polar surface area (TPSA) is 24.9 Å². The zero-order chi connectivity index (χ0) is 12.4. The summed E-state index contributed by atoms with van der Waals surface area (Å²) in [7, 11) is 0. The van der Waals surface area contributed by atoms with E-state index in [4.69, 9.17) is 4.98 Å². The lowest BCUT2D eigenvalue weighted by Crippen LogP contribution is -2.12. The Kier molecular flexibility index (Phi) is 3.68. The maximum Gasteiger partial charge on any atom is 0.123 e. The van der Waals surface area contributed by atoms with Gasteiger partial charge in [0.25, 0.3) is 0 Å². The van der Waals surface area contributed by atoms with Crippen LogP contribution in [0.4, 0.5) is 0 Å². The molecular weight excluding hydrogens is 260 g/mol. The lowest BCUT2D eigenvalue weighted by molar-refractivity contribution is 0.632. The Balaban J connectivity index is 1.82. The second-order valence-corrected chi connectivity index (χ2v) is 6.19. The van der Waals surface area contributed by atoms with E-state index in [2.05, 4.69) is 41.2 Å². The molecule has 0 unspecified atom stereocenters. The smallest absolute Gasteiger partial charge is 0.123 e. The zero-order valence-electron chi connectivity index (χ0n) is 10.3. The fourth-order valence-electron chi connectivity index (χ4n) is 2.25. The van der Waals surface area contributed by atoms with Crippen molar-refractivity contribution in [2.75, 3.05) is 12.8 Å². The Morgan fingerprint density at radius 1 is 1.33 bits per heavy atom. The number of benzene rings is 1. The van der Waals surface area contributed by atoms with Crippen LogP contribution in [0.3, 0.4) is 0 Å². The molecule has 1 aromatic carbocycles. The minimum atomic E-state index is 0.473. The molecule has 1 aliphatic heterocycles. The van der Waals surface area contributed by atoms with Crippen molar-refractivity contribution in [1.82, 2.24) is 10.3 Å². The minimum Gasteiger partial charge on any atom is -0.309 e. The molecule has 1 fully saturated rings. The first-order valence-corrected chi connectivity index (χ1v) is 8.30. The summed E-state index contributed by atoms with van der Waals surface area (Å²) >= 11 is 3.52. The minimum absolute atomic E-state index is 0.473. The van der Waals surface area contributed by atoms with E-state index in [1.807, 2.05) is 0 Å². The molecule has 18 heavy (non-hydrogen) atoms. The quantitative estimate of drug-likeness (QED) is 0.859. The first kappa shape index (κ1) is 12.2. The van der Waals surface area contributed by atoms with E-state index >= 15 is 0 Å². The summed E-state index contributed by atoms with van der Waals surface area (Å²) in [5.74, 6) is 0. The lowest BCUT2D eigenvalue weighted by atomic mass is 10.2. The second kappa shape index (κ2) is 5.43. The molecule has 94 valence electrons. The van der Waals surface area contributed by atoms with Crippen molar-refractivity contribution in [2.24, 2.45) is 0 Å². The van der Waals surface area contributed by atoms with Gasteiger partial charge in [0.2, 0.25) is 0 Å². The number of hydrogen-bond donors (Lipinski definition) is 1. The predicted octanol–water partition coefficient (Wildman–Crippen LogP) is 3.96. The molecule has 2 heterocycles. The van der Waals surface area contributed by atoms with Crippen LogP contribution >= 0.6 is 23.1 Å². The van der Waals surface area contributed by atoms with Crippen LogP contribution in [0.25, 0.3) is 10.6 Å². The molecular formula is C14H16N2S2. The number of aromatic nitrogens is 1. The Morgan fingerprint density at radius 3 is 2.83 bits per heavy atom. The number of hydrogen-bond acceptors (Lipinski definition) is 4. The Bertz CT molecular complexity index is 513. The molecule has 0 spiro atoms. The number of nitrogens with zero attached hydrogens (tertiary/aromatic N) is 1. The first-order valence-electron chi connectivity index (χ1n) is 6.20. The van der Waals surface area contributed by atoms with Crippen LogP contribution < -0.4 is 5.32 Å². The largest absolute Gasteiger partial charge is 0.309 e. The average Bonchev–Trinajstić information content (AvgIpc) is 3.09. The maximum atomic E-state index is 4.77. The molecule has 0 saturated carbocycles. The monoisotopic (exact) mass is 276 g/mol. The van der Waals surface area contributed by atoms with Gasteiger partial charge in [0.05, 0.1) is 11.7 Å². The van der Waals surface area contributed by atoms with Crippen molar-refractivity contribution < 1.29 is 0 Å². The second-order valence-electron chi connectivity index (χ2n) is 4.45. The van der Waals surface area contributed by atoms with Crippen LogP contribution in [0.1, 0.15) is 24.6 Å². The summed E-state index contributed by atoms with van der Waals surface area (Å²) in [6.07, 6.45) is 4.58. The van der Waals surface area contributed by atoms with Gasteiger partial charge in [-0.1, -0.05) is 12.1 Å². The van der Waals surface area contributed by atoms with Gasteiger partial charge in [-0.15, -0.1) is 23.1 Å². The molecule has 1 atom stereocenters. The molecule has 0 radical (unpaired) electrons. The van der Waals surface area contributed by atoms with Crippen molar-refractivity contribution >= 4 is 23.1 Å². The summed E-state index contributed by atoms with van der Waals surface area (Å²) in [6.45, 7) is 1.12. The maximum absolute atomic E-state index is 4.77. The van der Waals surface area contributed by atoms with Crippen LogP contribution in [0.5, 0.6) is 0 Å². The predicted molar refractivity (Wildman–Crippen MR) is 79.3 cm³/mol. The van der Waals surface area contributed by atoms with Crippen LogP contribution in [0.2, 0.25) is 0 Å². The Morgan fingerprint density at radius 2 is 2.17 bits per heavy atom. The van der Waals surface area contributed by atoms with Crippen molar-refractivity contribution in [3.63, 3.8) is 0 Å². The van der Waals surface area contributed by atoms with Crippen molar-refractivity contribution in [3.8, 4) is 10.6 Å². The van der Waals surface area contributed by atoms with E-state index in [1.54, 1.807) is 23.1 Å². The lowest BCUT2D eigenvalue weighted by Gasteiger charge is -2.05. The molecule has 0 amide bonds. The van der Waals surface area contributed by atoms with Gasteiger partial charge in [0.15, 0.2) is 0 Å². The van der Waals surface area contributed by atoms with E-state index in [-0.39, 0.29) is 0 Å². The molecule has 2 aromatic rings. The van der Waals surface area contributed by atoms with Crippen LogP contribution in [0, 0.1) is 0 Å². The molecule has 2 nitrogen and oxygen atoms in total. The number of nitrogens with one attached hydrogen (secondary N) is 1. The van der Waals surface area contributed by atoms with E-state index in [0.29, 0.717) is 6.04 Å². The van der Waals surface area contributed by atoms with Gasteiger partial charge in [0.1, 0.15) is 5.01 Å². The third kappa shape index (κ3) is 2.46. The molecule has 4 heteroatoms. The molecule has 3 rings (SSSR count). The molecule has 1 aliphatic rings. The number of thiazole rings is 1. The fourth-order valence-corrected chi connectivity index (χ4v) is 3.54. The van der Waals surface area contributed by atoms with Crippen molar-refractivity contribution in [2.45, 2.75) is 23.8 Å². The molecule has 0 aliphatic carbocycles. The molecule has 1 saturated heterocycles. The summed E-state index contributed by atoms with van der Waals surface area (Å²) < 4.78 is 0. The van der Waals surface area contributed by atoms with E-state index in [9.17, 15) is 0 Å². The standard InChI is InChI=1S/C14H16N2S2/c1-17-11-6-4-10(5-7-11)14-16-13(9-18-14)12-3-2-8-15-12/h4-7,9,12,15H,2-3,8H2,1H3/t12-/m1/s1. The van der Waals surface area contributed by atoms with Crippen molar-refractivity contribution in [1.29, 1.82) is 0 Å². The normalized spacial score (nSPS) is 19.3. The third-order valence-corrected chi connectivity index (χ3v) is 4.93. The van der Waals surface area contributed by atoms with Gasteiger partial charge in [0, 0.05) is 15.8 Å². The average molecular weight is 276 g/mol. The van der Waals surface area contributed by atoms with Crippen LogP contribution in [-0.2, 0) is 0 Å². The third-order valence-electron chi connectivity index (χ3n) is 3.28. The summed E-state index contributed by atoms with van der Waals surface area (Å²) in [4.78, 5) is 6.07. The van der Waals surface area contributed by atoms with Gasteiger partial charge in [-0.25, -0.2) is 4.98 Å². The highest BCUT2D eigenvalue weighted by molar-refractivity contribution is 7.98.